The van der Waals surface area contributed by atoms with Crippen LogP contribution in [0, 0.1) is 11.8 Å². The standard InChI is InChI=1S/C14H22BrNO/c1-11-2-4-12(5-3-11)6-8-16-10-14-13(15)7-9-17-14/h7,9,11-12,16H,2-6,8,10H2,1H3. The van der Waals surface area contributed by atoms with Gasteiger partial charge in [-0.05, 0) is 46.8 Å². The van der Waals surface area contributed by atoms with Crippen molar-refractivity contribution in [1.29, 1.82) is 0 Å². The van der Waals surface area contributed by atoms with Crippen molar-refractivity contribution < 1.29 is 4.42 Å². The zero-order chi connectivity index (χ0) is 12.1. The minimum atomic E-state index is 0.830. The summed E-state index contributed by atoms with van der Waals surface area (Å²) in [5.74, 6) is 2.90. The Morgan fingerprint density at radius 1 is 1.35 bits per heavy atom. The zero-order valence-corrected chi connectivity index (χ0v) is 12.1. The average molecular weight is 300 g/mol. The Morgan fingerprint density at radius 2 is 2.12 bits per heavy atom. The van der Waals surface area contributed by atoms with Crippen molar-refractivity contribution in [1.82, 2.24) is 5.32 Å². The summed E-state index contributed by atoms with van der Waals surface area (Å²) in [6.07, 6.45) is 8.73. The van der Waals surface area contributed by atoms with E-state index >= 15 is 0 Å². The first-order valence-electron chi connectivity index (χ1n) is 6.68. The molecule has 1 fully saturated rings. The highest BCUT2D eigenvalue weighted by Crippen LogP contribution is 2.29. The molecule has 0 saturated heterocycles. The molecule has 96 valence electrons. The molecule has 1 N–H and O–H groups in total. The van der Waals surface area contributed by atoms with Crippen molar-refractivity contribution in [2.45, 2.75) is 45.6 Å². The lowest BCUT2D eigenvalue weighted by atomic mass is 9.81. The maximum Gasteiger partial charge on any atom is 0.131 e. The summed E-state index contributed by atoms with van der Waals surface area (Å²) in [7, 11) is 0. The van der Waals surface area contributed by atoms with Gasteiger partial charge in [0.15, 0.2) is 0 Å². The summed E-state index contributed by atoms with van der Waals surface area (Å²) >= 11 is 3.47. The predicted molar refractivity (Wildman–Crippen MR) is 73.9 cm³/mol. The SMILES string of the molecule is CC1CCC(CCNCc2occc2Br)CC1. The summed E-state index contributed by atoms with van der Waals surface area (Å²) in [5.41, 5.74) is 0. The van der Waals surface area contributed by atoms with E-state index in [2.05, 4.69) is 28.2 Å². The van der Waals surface area contributed by atoms with Gasteiger partial charge in [-0.25, -0.2) is 0 Å². The van der Waals surface area contributed by atoms with Crippen LogP contribution in [0.1, 0.15) is 44.8 Å². The first kappa shape index (κ1) is 13.2. The molecular weight excluding hydrogens is 278 g/mol. The Morgan fingerprint density at radius 3 is 2.76 bits per heavy atom. The fourth-order valence-corrected chi connectivity index (χ4v) is 2.92. The minimum Gasteiger partial charge on any atom is -0.467 e. The van der Waals surface area contributed by atoms with E-state index in [-0.39, 0.29) is 0 Å². The minimum absolute atomic E-state index is 0.830. The van der Waals surface area contributed by atoms with E-state index in [1.54, 1.807) is 6.26 Å². The second kappa shape index (κ2) is 6.60. The van der Waals surface area contributed by atoms with Crippen LogP contribution in [0.4, 0.5) is 0 Å². The molecule has 1 heterocycles. The van der Waals surface area contributed by atoms with Gasteiger partial charge >= 0.3 is 0 Å². The molecule has 0 bridgehead atoms. The molecule has 3 heteroatoms. The molecule has 0 aromatic carbocycles. The Balaban J connectivity index is 1.59. The number of hydrogen-bond donors (Lipinski definition) is 1. The van der Waals surface area contributed by atoms with E-state index in [4.69, 9.17) is 4.42 Å². The molecule has 0 radical (unpaired) electrons. The molecule has 1 aromatic rings. The predicted octanol–water partition coefficient (Wildman–Crippen LogP) is 4.35. The second-order valence-electron chi connectivity index (χ2n) is 5.28. The molecular formula is C14H22BrNO. The van der Waals surface area contributed by atoms with E-state index < -0.39 is 0 Å². The summed E-state index contributed by atoms with van der Waals surface area (Å²) in [6.45, 7) is 4.31. The monoisotopic (exact) mass is 299 g/mol. The summed E-state index contributed by atoms with van der Waals surface area (Å²) in [4.78, 5) is 0. The first-order chi connectivity index (χ1) is 8.25. The van der Waals surface area contributed by atoms with Crippen molar-refractivity contribution in [3.63, 3.8) is 0 Å². The van der Waals surface area contributed by atoms with Gasteiger partial charge in [0.1, 0.15) is 5.76 Å². The Kier molecular flexibility index (Phi) is 5.11. The molecule has 2 nitrogen and oxygen atoms in total. The zero-order valence-electron chi connectivity index (χ0n) is 10.5. The van der Waals surface area contributed by atoms with Crippen molar-refractivity contribution >= 4 is 15.9 Å². The van der Waals surface area contributed by atoms with Crippen LogP contribution in [-0.4, -0.2) is 6.54 Å². The molecule has 0 amide bonds. The molecule has 0 unspecified atom stereocenters. The maximum absolute atomic E-state index is 5.36. The van der Waals surface area contributed by atoms with E-state index in [0.717, 1.165) is 35.2 Å². The molecule has 2 rings (SSSR count). The highest BCUT2D eigenvalue weighted by Gasteiger charge is 2.17. The lowest BCUT2D eigenvalue weighted by Crippen LogP contribution is -2.20. The molecule has 0 atom stereocenters. The summed E-state index contributed by atoms with van der Waals surface area (Å²) in [5, 5.41) is 3.46. The molecule has 0 aliphatic heterocycles. The summed E-state index contributed by atoms with van der Waals surface area (Å²) < 4.78 is 6.43. The molecule has 1 aliphatic carbocycles. The van der Waals surface area contributed by atoms with Gasteiger partial charge in [0, 0.05) is 0 Å². The van der Waals surface area contributed by atoms with Gasteiger partial charge in [0.05, 0.1) is 17.3 Å². The molecule has 0 spiro atoms. The van der Waals surface area contributed by atoms with Gasteiger partial charge < -0.3 is 9.73 Å². The number of furan rings is 1. The third kappa shape index (κ3) is 4.14. The molecule has 17 heavy (non-hydrogen) atoms. The van der Waals surface area contributed by atoms with Crippen LogP contribution in [0.15, 0.2) is 21.2 Å². The number of nitrogens with one attached hydrogen (secondary N) is 1. The first-order valence-corrected chi connectivity index (χ1v) is 7.47. The van der Waals surface area contributed by atoms with Crippen LogP contribution in [0.25, 0.3) is 0 Å². The van der Waals surface area contributed by atoms with Gasteiger partial charge in [-0.1, -0.05) is 32.6 Å². The van der Waals surface area contributed by atoms with E-state index in [0.29, 0.717) is 0 Å². The van der Waals surface area contributed by atoms with E-state index in [1.807, 2.05) is 6.07 Å². The Labute approximate surface area is 112 Å². The van der Waals surface area contributed by atoms with Crippen LogP contribution >= 0.6 is 15.9 Å². The van der Waals surface area contributed by atoms with Crippen LogP contribution in [0.2, 0.25) is 0 Å². The fraction of sp³-hybridized carbons (Fsp3) is 0.714. The Bertz CT molecular complexity index is 329. The van der Waals surface area contributed by atoms with Crippen LogP contribution in [0.5, 0.6) is 0 Å². The van der Waals surface area contributed by atoms with E-state index in [1.165, 1.54) is 32.1 Å². The summed E-state index contributed by atoms with van der Waals surface area (Å²) in [6, 6.07) is 1.94. The quantitative estimate of drug-likeness (QED) is 0.818. The third-order valence-electron chi connectivity index (χ3n) is 3.84. The number of hydrogen-bond acceptors (Lipinski definition) is 2. The maximum atomic E-state index is 5.36. The second-order valence-corrected chi connectivity index (χ2v) is 6.14. The lowest BCUT2D eigenvalue weighted by molar-refractivity contribution is 0.274. The topological polar surface area (TPSA) is 25.2 Å². The van der Waals surface area contributed by atoms with Gasteiger partial charge in [-0.2, -0.15) is 0 Å². The van der Waals surface area contributed by atoms with Crippen LogP contribution in [0.3, 0.4) is 0 Å². The highest BCUT2D eigenvalue weighted by molar-refractivity contribution is 9.10. The van der Waals surface area contributed by atoms with Crippen molar-refractivity contribution in [2.75, 3.05) is 6.54 Å². The van der Waals surface area contributed by atoms with Gasteiger partial charge in [0.25, 0.3) is 0 Å². The highest BCUT2D eigenvalue weighted by atomic mass is 79.9. The third-order valence-corrected chi connectivity index (χ3v) is 4.55. The number of rotatable bonds is 5. The van der Waals surface area contributed by atoms with Gasteiger partial charge in [-0.15, -0.1) is 0 Å². The largest absolute Gasteiger partial charge is 0.467 e. The fourth-order valence-electron chi connectivity index (χ4n) is 2.58. The van der Waals surface area contributed by atoms with Crippen molar-refractivity contribution in [2.24, 2.45) is 11.8 Å². The normalized spacial score (nSPS) is 25.1. The average Bonchev–Trinajstić information content (AvgIpc) is 2.73. The Hall–Kier alpha value is -0.280. The van der Waals surface area contributed by atoms with Crippen LogP contribution < -0.4 is 5.32 Å². The van der Waals surface area contributed by atoms with Gasteiger partial charge in [-0.3, -0.25) is 0 Å². The van der Waals surface area contributed by atoms with Gasteiger partial charge in [0.2, 0.25) is 0 Å². The van der Waals surface area contributed by atoms with Crippen molar-refractivity contribution in [3.8, 4) is 0 Å². The lowest BCUT2D eigenvalue weighted by Gasteiger charge is -2.26. The number of halogens is 1. The van der Waals surface area contributed by atoms with Crippen molar-refractivity contribution in [3.05, 3.63) is 22.6 Å². The van der Waals surface area contributed by atoms with Crippen LogP contribution in [-0.2, 0) is 6.54 Å². The smallest absolute Gasteiger partial charge is 0.131 e. The molecule has 1 aliphatic rings. The molecule has 1 saturated carbocycles. The van der Waals surface area contributed by atoms with E-state index in [9.17, 15) is 0 Å². The molecule has 1 aromatic heterocycles.